The SMILES string of the molecule is Nc1cc(OCc2ccc(C(F)(F)F)cc2)ccc1Cl. The minimum atomic E-state index is -4.33. The molecule has 0 saturated carbocycles. The fourth-order valence-corrected chi connectivity index (χ4v) is 1.69. The number of hydrogen-bond donors (Lipinski definition) is 1. The van der Waals surface area contributed by atoms with Gasteiger partial charge in [0.2, 0.25) is 0 Å². The van der Waals surface area contributed by atoms with Crippen molar-refractivity contribution in [3.05, 3.63) is 58.6 Å². The lowest BCUT2D eigenvalue weighted by molar-refractivity contribution is -0.137. The van der Waals surface area contributed by atoms with E-state index in [-0.39, 0.29) is 6.61 Å². The van der Waals surface area contributed by atoms with Gasteiger partial charge in [0.15, 0.2) is 0 Å². The summed E-state index contributed by atoms with van der Waals surface area (Å²) in [4.78, 5) is 0. The van der Waals surface area contributed by atoms with E-state index in [1.807, 2.05) is 0 Å². The highest BCUT2D eigenvalue weighted by Gasteiger charge is 2.29. The van der Waals surface area contributed by atoms with Gasteiger partial charge in [0.1, 0.15) is 12.4 Å². The first-order valence-corrected chi connectivity index (χ1v) is 6.08. The van der Waals surface area contributed by atoms with Crippen LogP contribution in [0.3, 0.4) is 0 Å². The van der Waals surface area contributed by atoms with Crippen molar-refractivity contribution in [3.8, 4) is 5.75 Å². The van der Waals surface area contributed by atoms with Gasteiger partial charge >= 0.3 is 6.18 Å². The van der Waals surface area contributed by atoms with Crippen LogP contribution in [0.1, 0.15) is 11.1 Å². The van der Waals surface area contributed by atoms with Gasteiger partial charge in [-0.25, -0.2) is 0 Å². The molecule has 0 bridgehead atoms. The van der Waals surface area contributed by atoms with E-state index in [4.69, 9.17) is 22.1 Å². The number of nitrogens with two attached hydrogens (primary N) is 1. The fraction of sp³-hybridized carbons (Fsp3) is 0.143. The number of alkyl halides is 3. The highest BCUT2D eigenvalue weighted by molar-refractivity contribution is 6.33. The molecule has 0 amide bonds. The molecular formula is C14H11ClF3NO. The molecule has 6 heteroatoms. The molecular weight excluding hydrogens is 291 g/mol. The predicted molar refractivity (Wildman–Crippen MR) is 71.6 cm³/mol. The van der Waals surface area contributed by atoms with Crippen molar-refractivity contribution < 1.29 is 17.9 Å². The molecule has 2 aromatic carbocycles. The smallest absolute Gasteiger partial charge is 0.416 e. The Balaban J connectivity index is 2.02. The van der Waals surface area contributed by atoms with Crippen LogP contribution < -0.4 is 10.5 Å². The molecule has 0 aliphatic rings. The monoisotopic (exact) mass is 301 g/mol. The second kappa shape index (κ2) is 5.63. The molecule has 0 aromatic heterocycles. The molecule has 0 aliphatic heterocycles. The lowest BCUT2D eigenvalue weighted by atomic mass is 10.1. The highest BCUT2D eigenvalue weighted by Crippen LogP contribution is 2.29. The Morgan fingerprint density at radius 2 is 1.70 bits per heavy atom. The molecule has 0 aliphatic carbocycles. The molecule has 20 heavy (non-hydrogen) atoms. The summed E-state index contributed by atoms with van der Waals surface area (Å²) in [6.07, 6.45) is -4.33. The van der Waals surface area contributed by atoms with E-state index in [9.17, 15) is 13.2 Å². The Morgan fingerprint density at radius 1 is 1.05 bits per heavy atom. The Labute approximate surface area is 118 Å². The summed E-state index contributed by atoms with van der Waals surface area (Å²) in [6.45, 7) is 0.152. The van der Waals surface area contributed by atoms with E-state index >= 15 is 0 Å². The summed E-state index contributed by atoms with van der Waals surface area (Å²) < 4.78 is 42.6. The van der Waals surface area contributed by atoms with Gasteiger partial charge in [0, 0.05) is 6.07 Å². The molecule has 0 spiro atoms. The maximum absolute atomic E-state index is 12.4. The normalized spacial score (nSPS) is 11.4. The number of nitrogen functional groups attached to an aromatic ring is 1. The van der Waals surface area contributed by atoms with Crippen LogP contribution in [0.25, 0.3) is 0 Å². The van der Waals surface area contributed by atoms with Crippen molar-refractivity contribution in [2.24, 2.45) is 0 Å². The van der Waals surface area contributed by atoms with E-state index in [1.165, 1.54) is 12.1 Å². The molecule has 0 heterocycles. The number of rotatable bonds is 3. The third kappa shape index (κ3) is 3.57. The van der Waals surface area contributed by atoms with Crippen LogP contribution in [0.15, 0.2) is 42.5 Å². The average Bonchev–Trinajstić information content (AvgIpc) is 2.40. The van der Waals surface area contributed by atoms with Crippen LogP contribution >= 0.6 is 11.6 Å². The molecule has 2 rings (SSSR count). The van der Waals surface area contributed by atoms with Gasteiger partial charge in [-0.05, 0) is 29.8 Å². The van der Waals surface area contributed by atoms with Gasteiger partial charge in [-0.1, -0.05) is 23.7 Å². The summed E-state index contributed by atoms with van der Waals surface area (Å²) in [7, 11) is 0. The van der Waals surface area contributed by atoms with Crippen LogP contribution in [0, 0.1) is 0 Å². The summed E-state index contributed by atoms with van der Waals surface area (Å²) >= 11 is 5.77. The Kier molecular flexibility index (Phi) is 4.09. The van der Waals surface area contributed by atoms with Crippen molar-refractivity contribution >= 4 is 17.3 Å². The number of benzene rings is 2. The van der Waals surface area contributed by atoms with Crippen molar-refractivity contribution in [1.82, 2.24) is 0 Å². The minimum Gasteiger partial charge on any atom is -0.489 e. The molecule has 106 valence electrons. The standard InChI is InChI=1S/C14H11ClF3NO/c15-12-6-5-11(7-13(12)19)20-8-9-1-3-10(4-2-9)14(16,17)18/h1-7H,8,19H2. The lowest BCUT2D eigenvalue weighted by Crippen LogP contribution is -2.05. The predicted octanol–water partition coefficient (Wildman–Crippen LogP) is 4.52. The van der Waals surface area contributed by atoms with Gasteiger partial charge in [0.25, 0.3) is 0 Å². The van der Waals surface area contributed by atoms with Crippen LogP contribution in [-0.2, 0) is 12.8 Å². The van der Waals surface area contributed by atoms with Gasteiger partial charge in [0.05, 0.1) is 16.3 Å². The molecule has 0 fully saturated rings. The Bertz CT molecular complexity index is 596. The van der Waals surface area contributed by atoms with Crippen LogP contribution in [0.4, 0.5) is 18.9 Å². The van der Waals surface area contributed by atoms with E-state index in [0.717, 1.165) is 12.1 Å². The maximum Gasteiger partial charge on any atom is 0.416 e. The van der Waals surface area contributed by atoms with Crippen molar-refractivity contribution in [2.45, 2.75) is 12.8 Å². The summed E-state index contributed by atoms with van der Waals surface area (Å²) in [5, 5.41) is 0.423. The van der Waals surface area contributed by atoms with Gasteiger partial charge in [-0.15, -0.1) is 0 Å². The van der Waals surface area contributed by atoms with Crippen molar-refractivity contribution in [2.75, 3.05) is 5.73 Å². The molecule has 0 unspecified atom stereocenters. The molecule has 2 nitrogen and oxygen atoms in total. The van der Waals surface area contributed by atoms with Gasteiger partial charge in [-0.3, -0.25) is 0 Å². The third-order valence-corrected chi connectivity index (χ3v) is 3.00. The van der Waals surface area contributed by atoms with Crippen LogP contribution in [-0.4, -0.2) is 0 Å². The molecule has 2 N–H and O–H groups in total. The number of ether oxygens (including phenoxy) is 1. The Morgan fingerprint density at radius 3 is 2.25 bits per heavy atom. The highest BCUT2D eigenvalue weighted by atomic mass is 35.5. The third-order valence-electron chi connectivity index (χ3n) is 2.65. The number of anilines is 1. The molecule has 2 aromatic rings. The maximum atomic E-state index is 12.4. The first kappa shape index (κ1) is 14.5. The number of hydrogen-bond acceptors (Lipinski definition) is 2. The van der Waals surface area contributed by atoms with E-state index in [0.29, 0.717) is 22.0 Å². The fourth-order valence-electron chi connectivity index (χ4n) is 1.57. The second-order valence-corrected chi connectivity index (χ2v) is 4.57. The summed E-state index contributed by atoms with van der Waals surface area (Å²) in [5.41, 5.74) is 5.95. The first-order valence-electron chi connectivity index (χ1n) is 5.70. The van der Waals surface area contributed by atoms with Crippen molar-refractivity contribution in [1.29, 1.82) is 0 Å². The van der Waals surface area contributed by atoms with E-state index in [1.54, 1.807) is 18.2 Å². The topological polar surface area (TPSA) is 35.2 Å². The largest absolute Gasteiger partial charge is 0.489 e. The zero-order valence-electron chi connectivity index (χ0n) is 10.2. The quantitative estimate of drug-likeness (QED) is 0.846. The van der Waals surface area contributed by atoms with Gasteiger partial charge in [-0.2, -0.15) is 13.2 Å². The Hall–Kier alpha value is -1.88. The molecule has 0 saturated heterocycles. The van der Waals surface area contributed by atoms with E-state index in [2.05, 4.69) is 0 Å². The first-order chi connectivity index (χ1) is 9.36. The van der Waals surface area contributed by atoms with Gasteiger partial charge < -0.3 is 10.5 Å². The number of halogens is 4. The molecule has 0 radical (unpaired) electrons. The van der Waals surface area contributed by atoms with Crippen LogP contribution in [0.5, 0.6) is 5.75 Å². The average molecular weight is 302 g/mol. The second-order valence-electron chi connectivity index (χ2n) is 4.17. The zero-order valence-corrected chi connectivity index (χ0v) is 11.0. The summed E-state index contributed by atoms with van der Waals surface area (Å²) in [5.74, 6) is 0.506. The van der Waals surface area contributed by atoms with E-state index < -0.39 is 11.7 Å². The minimum absolute atomic E-state index is 0.152. The summed E-state index contributed by atoms with van der Waals surface area (Å²) in [6, 6.07) is 9.60. The van der Waals surface area contributed by atoms with Crippen molar-refractivity contribution in [3.63, 3.8) is 0 Å². The van der Waals surface area contributed by atoms with Crippen LogP contribution in [0.2, 0.25) is 5.02 Å². The zero-order chi connectivity index (χ0) is 14.8. The molecule has 0 atom stereocenters. The lowest BCUT2D eigenvalue weighted by Gasteiger charge is -2.09.